The molecule has 1 atom stereocenters. The van der Waals surface area contributed by atoms with E-state index in [4.69, 9.17) is 4.74 Å². The van der Waals surface area contributed by atoms with Crippen molar-refractivity contribution in [1.82, 2.24) is 0 Å². The molecule has 1 aliphatic carbocycles. The first-order valence-corrected chi connectivity index (χ1v) is 4.82. The fourth-order valence-electron chi connectivity index (χ4n) is 0.744. The Labute approximate surface area is 78.1 Å². The first-order chi connectivity index (χ1) is 4.67. The molecule has 0 aromatic carbocycles. The lowest BCUT2D eigenvalue weighted by Gasteiger charge is -1.99. The lowest BCUT2D eigenvalue weighted by Crippen LogP contribution is -2.00. The van der Waals surface area contributed by atoms with Crippen molar-refractivity contribution in [2.75, 3.05) is 13.2 Å². The van der Waals surface area contributed by atoms with E-state index < -0.39 is 0 Å². The van der Waals surface area contributed by atoms with E-state index in [9.17, 15) is 0 Å². The zero-order valence-electron chi connectivity index (χ0n) is 5.65. The third-order valence-corrected chi connectivity index (χ3v) is 3.45. The van der Waals surface area contributed by atoms with Gasteiger partial charge < -0.3 is 4.74 Å². The maximum absolute atomic E-state index is 5.26. The average Bonchev–Trinajstić information content (AvgIpc) is 2.41. The van der Waals surface area contributed by atoms with Gasteiger partial charge in [-0.05, 0) is 6.42 Å². The molecule has 1 aliphatic rings. The van der Waals surface area contributed by atoms with Crippen LogP contribution in [0.25, 0.3) is 0 Å². The number of alkyl halides is 2. The Balaban J connectivity index is 2.02. The molecule has 0 spiro atoms. The fourth-order valence-corrected chi connectivity index (χ4v) is 1.79. The molecule has 0 saturated heterocycles. The first-order valence-electron chi connectivity index (χ1n) is 3.23. The summed E-state index contributed by atoms with van der Waals surface area (Å²) in [6, 6.07) is 0. The summed E-state index contributed by atoms with van der Waals surface area (Å²) >= 11 is 7.03. The molecular weight excluding hydrogens is 260 g/mol. The average molecular weight is 270 g/mol. The third-order valence-electron chi connectivity index (χ3n) is 1.51. The van der Waals surface area contributed by atoms with E-state index in [1.165, 1.54) is 0 Å². The van der Waals surface area contributed by atoms with Crippen molar-refractivity contribution in [3.8, 4) is 0 Å². The summed E-state index contributed by atoms with van der Waals surface area (Å²) in [6.07, 6.45) is 2.93. The quantitative estimate of drug-likeness (QED) is 0.433. The van der Waals surface area contributed by atoms with Crippen molar-refractivity contribution in [3.63, 3.8) is 0 Å². The van der Waals surface area contributed by atoms with E-state index >= 15 is 0 Å². The molecule has 1 unspecified atom stereocenters. The zero-order valence-corrected chi connectivity index (χ0v) is 8.82. The smallest absolute Gasteiger partial charge is 0.0860 e. The van der Waals surface area contributed by atoms with Crippen LogP contribution in [0.2, 0.25) is 0 Å². The third kappa shape index (κ3) is 2.36. The second-order valence-electron chi connectivity index (χ2n) is 2.49. The van der Waals surface area contributed by atoms with Gasteiger partial charge in [0.05, 0.1) is 16.4 Å². The molecular formula is C7H10Br2O. The van der Waals surface area contributed by atoms with E-state index in [0.29, 0.717) is 12.5 Å². The van der Waals surface area contributed by atoms with Crippen molar-refractivity contribution in [2.45, 2.75) is 9.65 Å². The minimum atomic E-state index is 0.182. The number of halogens is 2. The van der Waals surface area contributed by atoms with Crippen molar-refractivity contribution >= 4 is 31.9 Å². The van der Waals surface area contributed by atoms with E-state index in [2.05, 4.69) is 38.4 Å². The minimum absolute atomic E-state index is 0.182. The van der Waals surface area contributed by atoms with Gasteiger partial charge in [0.2, 0.25) is 0 Å². The molecule has 10 heavy (non-hydrogen) atoms. The Hall–Kier alpha value is 0.660. The van der Waals surface area contributed by atoms with E-state index in [1.807, 2.05) is 0 Å². The van der Waals surface area contributed by atoms with Crippen molar-refractivity contribution in [2.24, 2.45) is 5.92 Å². The summed E-state index contributed by atoms with van der Waals surface area (Å²) in [5.41, 5.74) is 0. The standard InChI is InChI=1S/C7H10Br2O/c1-2-3-10-5-6-4-7(6,8)9/h2,6H,1,3-5H2. The van der Waals surface area contributed by atoms with Gasteiger partial charge in [0, 0.05) is 5.92 Å². The van der Waals surface area contributed by atoms with Crippen molar-refractivity contribution in [3.05, 3.63) is 12.7 Å². The van der Waals surface area contributed by atoms with Crippen LogP contribution < -0.4 is 0 Å². The summed E-state index contributed by atoms with van der Waals surface area (Å²) < 4.78 is 5.45. The first kappa shape index (κ1) is 8.75. The summed E-state index contributed by atoms with van der Waals surface area (Å²) in [5, 5.41) is 0. The van der Waals surface area contributed by atoms with Crippen LogP contribution in [0.15, 0.2) is 12.7 Å². The molecule has 0 aromatic rings. The van der Waals surface area contributed by atoms with Crippen molar-refractivity contribution in [1.29, 1.82) is 0 Å². The van der Waals surface area contributed by atoms with Gasteiger partial charge >= 0.3 is 0 Å². The number of ether oxygens (including phenoxy) is 1. The van der Waals surface area contributed by atoms with Crippen LogP contribution in [0.5, 0.6) is 0 Å². The number of hydrogen-bond acceptors (Lipinski definition) is 1. The van der Waals surface area contributed by atoms with Crippen LogP contribution in [-0.4, -0.2) is 16.4 Å². The fraction of sp³-hybridized carbons (Fsp3) is 0.714. The molecule has 0 N–H and O–H groups in total. The lowest BCUT2D eigenvalue weighted by molar-refractivity contribution is 0.151. The van der Waals surface area contributed by atoms with Gasteiger partial charge in [-0.15, -0.1) is 6.58 Å². The highest BCUT2D eigenvalue weighted by atomic mass is 79.9. The highest BCUT2D eigenvalue weighted by Crippen LogP contribution is 2.56. The van der Waals surface area contributed by atoms with Gasteiger partial charge in [-0.2, -0.15) is 0 Å². The molecule has 0 heterocycles. The second-order valence-corrected chi connectivity index (χ2v) is 6.38. The zero-order chi connectivity index (χ0) is 7.61. The molecule has 0 amide bonds. The summed E-state index contributed by atoms with van der Waals surface area (Å²) in [4.78, 5) is 0. The minimum Gasteiger partial charge on any atom is -0.377 e. The maximum Gasteiger partial charge on any atom is 0.0860 e. The highest BCUT2D eigenvalue weighted by Gasteiger charge is 2.50. The molecule has 0 radical (unpaired) electrons. The molecule has 0 bridgehead atoms. The van der Waals surface area contributed by atoms with Gasteiger partial charge in [0.15, 0.2) is 0 Å². The van der Waals surface area contributed by atoms with Gasteiger partial charge in [-0.1, -0.05) is 37.9 Å². The number of hydrogen-bond donors (Lipinski definition) is 0. The molecule has 0 aliphatic heterocycles. The van der Waals surface area contributed by atoms with E-state index in [0.717, 1.165) is 13.0 Å². The normalized spacial score (nSPS) is 28.0. The Morgan fingerprint density at radius 1 is 1.70 bits per heavy atom. The Morgan fingerprint density at radius 3 is 2.70 bits per heavy atom. The van der Waals surface area contributed by atoms with Crippen LogP contribution in [0.1, 0.15) is 6.42 Å². The second kappa shape index (κ2) is 3.37. The van der Waals surface area contributed by atoms with E-state index in [1.54, 1.807) is 6.08 Å². The van der Waals surface area contributed by atoms with Gasteiger partial charge in [-0.25, -0.2) is 0 Å². The number of rotatable bonds is 4. The van der Waals surface area contributed by atoms with Crippen LogP contribution in [0.4, 0.5) is 0 Å². The molecule has 1 nitrogen and oxygen atoms in total. The van der Waals surface area contributed by atoms with Crippen LogP contribution >= 0.6 is 31.9 Å². The highest BCUT2D eigenvalue weighted by molar-refractivity contribution is 9.25. The predicted molar refractivity (Wildman–Crippen MR) is 49.7 cm³/mol. The largest absolute Gasteiger partial charge is 0.377 e. The van der Waals surface area contributed by atoms with Gasteiger partial charge in [0.25, 0.3) is 0 Å². The molecule has 1 fully saturated rings. The topological polar surface area (TPSA) is 9.23 Å². The summed E-state index contributed by atoms with van der Waals surface area (Å²) in [5.74, 6) is 0.632. The predicted octanol–water partition coefficient (Wildman–Crippen LogP) is 2.70. The van der Waals surface area contributed by atoms with Crippen molar-refractivity contribution < 1.29 is 4.74 Å². The monoisotopic (exact) mass is 268 g/mol. The van der Waals surface area contributed by atoms with Crippen LogP contribution in [0.3, 0.4) is 0 Å². The summed E-state index contributed by atoms with van der Waals surface area (Å²) in [6.45, 7) is 5.05. The Morgan fingerprint density at radius 2 is 2.30 bits per heavy atom. The molecule has 3 heteroatoms. The SMILES string of the molecule is C=CCOCC1CC1(Br)Br. The lowest BCUT2D eigenvalue weighted by atomic mass is 10.5. The Kier molecular flexibility index (Phi) is 2.95. The van der Waals surface area contributed by atoms with Gasteiger partial charge in [0.1, 0.15) is 0 Å². The molecule has 0 aromatic heterocycles. The Bertz CT molecular complexity index is 134. The molecule has 58 valence electrons. The van der Waals surface area contributed by atoms with Crippen LogP contribution in [-0.2, 0) is 4.74 Å². The summed E-state index contributed by atoms with van der Waals surface area (Å²) in [7, 11) is 0. The molecule has 1 rings (SSSR count). The molecule has 1 saturated carbocycles. The van der Waals surface area contributed by atoms with Crippen LogP contribution in [0, 0.1) is 5.92 Å². The van der Waals surface area contributed by atoms with E-state index in [-0.39, 0.29) is 3.23 Å². The maximum atomic E-state index is 5.26. The van der Waals surface area contributed by atoms with Gasteiger partial charge in [-0.3, -0.25) is 0 Å².